The Kier molecular flexibility index (Phi) is 4.91. The van der Waals surface area contributed by atoms with Gasteiger partial charge in [0.25, 0.3) is 0 Å². The highest BCUT2D eigenvalue weighted by Crippen LogP contribution is 2.28. The van der Waals surface area contributed by atoms with Gasteiger partial charge in [0, 0.05) is 18.8 Å². The van der Waals surface area contributed by atoms with Gasteiger partial charge in [-0.15, -0.1) is 0 Å². The Hall–Kier alpha value is -0.490. The Morgan fingerprint density at radius 1 is 1.41 bits per heavy atom. The molecule has 1 atom stereocenters. The maximum absolute atomic E-state index is 4.25. The summed E-state index contributed by atoms with van der Waals surface area (Å²) in [5.41, 5.74) is 0. The first-order chi connectivity index (χ1) is 8.31. The van der Waals surface area contributed by atoms with E-state index in [2.05, 4.69) is 48.3 Å². The smallest absolute Gasteiger partial charge is 0.145 e. The van der Waals surface area contributed by atoms with E-state index in [0.29, 0.717) is 5.25 Å². The molecule has 1 aromatic heterocycles. The van der Waals surface area contributed by atoms with Crippen LogP contribution in [0.5, 0.6) is 0 Å². The van der Waals surface area contributed by atoms with Crippen molar-refractivity contribution >= 4 is 39.3 Å². The quantitative estimate of drug-likeness (QED) is 0.894. The highest BCUT2D eigenvalue weighted by atomic mass is 79.9. The summed E-state index contributed by atoms with van der Waals surface area (Å²) in [6.07, 6.45) is 5.60. The molecular weight excluding hydrogens is 300 g/mol. The van der Waals surface area contributed by atoms with Crippen LogP contribution in [0.4, 0.5) is 11.6 Å². The van der Waals surface area contributed by atoms with Gasteiger partial charge in [-0.2, -0.15) is 11.8 Å². The van der Waals surface area contributed by atoms with Crippen LogP contribution in [0.15, 0.2) is 10.8 Å². The molecule has 0 radical (unpaired) electrons. The van der Waals surface area contributed by atoms with Gasteiger partial charge < -0.3 is 10.6 Å². The highest BCUT2D eigenvalue weighted by molar-refractivity contribution is 9.10. The number of anilines is 2. The van der Waals surface area contributed by atoms with Crippen molar-refractivity contribution < 1.29 is 0 Å². The van der Waals surface area contributed by atoms with Gasteiger partial charge in [-0.25, -0.2) is 9.97 Å². The SMILES string of the molecule is CNc1ncnc(NCC2CCCCS2)c1Br. The third-order valence-corrected chi connectivity index (χ3v) is 4.95. The fraction of sp³-hybridized carbons (Fsp3) is 0.636. The van der Waals surface area contributed by atoms with Crippen molar-refractivity contribution in [2.45, 2.75) is 24.5 Å². The molecule has 2 heterocycles. The molecule has 2 rings (SSSR count). The van der Waals surface area contributed by atoms with Crippen molar-refractivity contribution in [2.75, 3.05) is 30.0 Å². The molecule has 1 aromatic rings. The molecule has 17 heavy (non-hydrogen) atoms. The molecule has 1 aliphatic rings. The van der Waals surface area contributed by atoms with Crippen LogP contribution in [-0.4, -0.2) is 34.6 Å². The lowest BCUT2D eigenvalue weighted by molar-refractivity contribution is 0.677. The van der Waals surface area contributed by atoms with Gasteiger partial charge in [-0.05, 0) is 34.5 Å². The molecule has 1 unspecified atom stereocenters. The van der Waals surface area contributed by atoms with Crippen LogP contribution < -0.4 is 10.6 Å². The standard InChI is InChI=1S/C11H17BrN4S/c1-13-10-9(12)11(16-7-15-10)14-6-8-4-2-3-5-17-8/h7-8H,2-6H2,1H3,(H2,13,14,15,16). The second kappa shape index (κ2) is 6.44. The van der Waals surface area contributed by atoms with E-state index < -0.39 is 0 Å². The maximum Gasteiger partial charge on any atom is 0.145 e. The van der Waals surface area contributed by atoms with Crippen molar-refractivity contribution in [1.82, 2.24) is 9.97 Å². The molecule has 0 aliphatic carbocycles. The van der Waals surface area contributed by atoms with Crippen molar-refractivity contribution in [3.63, 3.8) is 0 Å². The molecule has 0 spiro atoms. The summed E-state index contributed by atoms with van der Waals surface area (Å²) in [6.45, 7) is 0.976. The normalized spacial score (nSPS) is 20.0. The molecule has 2 N–H and O–H groups in total. The lowest BCUT2D eigenvalue weighted by Crippen LogP contribution is -2.20. The molecule has 1 aliphatic heterocycles. The van der Waals surface area contributed by atoms with Crippen molar-refractivity contribution in [1.29, 1.82) is 0 Å². The van der Waals surface area contributed by atoms with Gasteiger partial charge in [-0.1, -0.05) is 6.42 Å². The molecular formula is C11H17BrN4S. The molecule has 6 heteroatoms. The van der Waals surface area contributed by atoms with Crippen LogP contribution in [0.2, 0.25) is 0 Å². The zero-order valence-corrected chi connectivity index (χ0v) is 12.3. The van der Waals surface area contributed by atoms with Gasteiger partial charge in [0.1, 0.15) is 22.4 Å². The van der Waals surface area contributed by atoms with Crippen LogP contribution in [0.3, 0.4) is 0 Å². The second-order valence-electron chi connectivity index (χ2n) is 4.00. The van der Waals surface area contributed by atoms with Crippen LogP contribution in [0.25, 0.3) is 0 Å². The van der Waals surface area contributed by atoms with Crippen LogP contribution in [0.1, 0.15) is 19.3 Å². The topological polar surface area (TPSA) is 49.8 Å². The summed E-state index contributed by atoms with van der Waals surface area (Å²) in [5.74, 6) is 2.98. The number of hydrogen-bond acceptors (Lipinski definition) is 5. The summed E-state index contributed by atoms with van der Waals surface area (Å²) in [7, 11) is 1.86. The summed E-state index contributed by atoms with van der Waals surface area (Å²) in [6, 6.07) is 0. The summed E-state index contributed by atoms with van der Waals surface area (Å²) in [4.78, 5) is 8.39. The molecule has 0 amide bonds. The van der Waals surface area contributed by atoms with Crippen LogP contribution in [-0.2, 0) is 0 Å². The van der Waals surface area contributed by atoms with E-state index in [1.807, 2.05) is 7.05 Å². The van der Waals surface area contributed by atoms with Crippen LogP contribution in [0, 0.1) is 0 Å². The Bertz CT molecular complexity index is 368. The maximum atomic E-state index is 4.25. The lowest BCUT2D eigenvalue weighted by atomic mass is 10.2. The summed E-state index contributed by atoms with van der Waals surface area (Å²) >= 11 is 5.57. The van der Waals surface area contributed by atoms with Crippen molar-refractivity contribution in [3.05, 3.63) is 10.8 Å². The molecule has 1 fully saturated rings. The molecule has 0 aromatic carbocycles. The number of hydrogen-bond donors (Lipinski definition) is 2. The second-order valence-corrected chi connectivity index (χ2v) is 6.21. The monoisotopic (exact) mass is 316 g/mol. The van der Waals surface area contributed by atoms with E-state index in [1.165, 1.54) is 25.0 Å². The first-order valence-electron chi connectivity index (χ1n) is 5.85. The Balaban J connectivity index is 1.93. The van der Waals surface area contributed by atoms with E-state index in [-0.39, 0.29) is 0 Å². The number of rotatable bonds is 4. The number of nitrogens with one attached hydrogen (secondary N) is 2. The Morgan fingerprint density at radius 3 is 2.94 bits per heavy atom. The van der Waals surface area contributed by atoms with Gasteiger partial charge in [0.05, 0.1) is 0 Å². The highest BCUT2D eigenvalue weighted by Gasteiger charge is 2.15. The van der Waals surface area contributed by atoms with Crippen molar-refractivity contribution in [2.24, 2.45) is 0 Å². The minimum absolute atomic E-state index is 0.712. The summed E-state index contributed by atoms with van der Waals surface area (Å²) < 4.78 is 0.906. The number of aromatic nitrogens is 2. The van der Waals surface area contributed by atoms with Crippen molar-refractivity contribution in [3.8, 4) is 0 Å². The van der Waals surface area contributed by atoms with Gasteiger partial charge in [-0.3, -0.25) is 0 Å². The predicted octanol–water partition coefficient (Wildman–Crippen LogP) is 2.98. The first-order valence-corrected chi connectivity index (χ1v) is 7.69. The van der Waals surface area contributed by atoms with E-state index in [0.717, 1.165) is 22.7 Å². The van der Waals surface area contributed by atoms with Crippen LogP contribution >= 0.6 is 27.7 Å². The van der Waals surface area contributed by atoms with E-state index >= 15 is 0 Å². The third-order valence-electron chi connectivity index (χ3n) is 2.80. The molecule has 1 saturated heterocycles. The average molecular weight is 317 g/mol. The zero-order valence-electron chi connectivity index (χ0n) is 9.87. The summed E-state index contributed by atoms with van der Waals surface area (Å²) in [5, 5.41) is 7.14. The number of thioether (sulfide) groups is 1. The molecule has 4 nitrogen and oxygen atoms in total. The first kappa shape index (κ1) is 13.0. The fourth-order valence-electron chi connectivity index (χ4n) is 1.85. The van der Waals surface area contributed by atoms with E-state index in [4.69, 9.17) is 0 Å². The number of halogens is 1. The fourth-order valence-corrected chi connectivity index (χ4v) is 3.63. The Morgan fingerprint density at radius 2 is 2.24 bits per heavy atom. The lowest BCUT2D eigenvalue weighted by Gasteiger charge is -2.22. The third kappa shape index (κ3) is 3.48. The minimum Gasteiger partial charge on any atom is -0.372 e. The molecule has 94 valence electrons. The van der Waals surface area contributed by atoms with E-state index in [1.54, 1.807) is 6.33 Å². The zero-order chi connectivity index (χ0) is 12.1. The predicted molar refractivity (Wildman–Crippen MR) is 77.9 cm³/mol. The van der Waals surface area contributed by atoms with E-state index in [9.17, 15) is 0 Å². The van der Waals surface area contributed by atoms with Gasteiger partial charge >= 0.3 is 0 Å². The van der Waals surface area contributed by atoms with Gasteiger partial charge in [0.15, 0.2) is 0 Å². The van der Waals surface area contributed by atoms with Gasteiger partial charge in [0.2, 0.25) is 0 Å². The molecule has 0 saturated carbocycles. The minimum atomic E-state index is 0.712. The average Bonchev–Trinajstić information content (AvgIpc) is 2.39. The Labute approximate surface area is 115 Å². The largest absolute Gasteiger partial charge is 0.372 e. The molecule has 0 bridgehead atoms. The number of nitrogens with zero attached hydrogens (tertiary/aromatic N) is 2.